The zero-order chi connectivity index (χ0) is 7.68. The molecule has 0 aliphatic carbocycles. The lowest BCUT2D eigenvalue weighted by molar-refractivity contribution is 0.277. The van der Waals surface area contributed by atoms with Crippen LogP contribution in [0.15, 0.2) is 5.16 Å². The third-order valence-electron chi connectivity index (χ3n) is 2.81. The summed E-state index contributed by atoms with van der Waals surface area (Å²) in [4.78, 5) is 2.37. The highest BCUT2D eigenvalue weighted by Gasteiger charge is 2.28. The zero-order valence-electron chi connectivity index (χ0n) is 6.66. The van der Waals surface area contributed by atoms with Crippen molar-refractivity contribution in [2.75, 3.05) is 19.6 Å². The summed E-state index contributed by atoms with van der Waals surface area (Å²) < 4.78 is 0. The largest absolute Gasteiger partial charge is 0.411 e. The Bertz CT molecular complexity index is 175. The third-order valence-corrected chi connectivity index (χ3v) is 2.81. The van der Waals surface area contributed by atoms with E-state index in [2.05, 4.69) is 10.1 Å². The van der Waals surface area contributed by atoms with Crippen molar-refractivity contribution in [3.63, 3.8) is 0 Å². The average molecular weight is 154 g/mol. The Morgan fingerprint density at radius 1 is 1.36 bits per heavy atom. The van der Waals surface area contributed by atoms with Crippen LogP contribution in [-0.2, 0) is 0 Å². The fraction of sp³-hybridized carbons (Fsp3) is 0.875. The Morgan fingerprint density at radius 3 is 3.09 bits per heavy atom. The highest BCUT2D eigenvalue weighted by molar-refractivity contribution is 5.89. The molecule has 0 aromatic rings. The van der Waals surface area contributed by atoms with Crippen molar-refractivity contribution >= 4 is 5.71 Å². The lowest BCUT2D eigenvalue weighted by Gasteiger charge is -2.26. The number of hydrogen-bond acceptors (Lipinski definition) is 3. The first-order valence-corrected chi connectivity index (χ1v) is 4.33. The molecule has 3 saturated heterocycles. The Kier molecular flexibility index (Phi) is 1.82. The van der Waals surface area contributed by atoms with Gasteiger partial charge in [-0.1, -0.05) is 5.16 Å². The van der Waals surface area contributed by atoms with Crippen molar-refractivity contribution in [3.05, 3.63) is 0 Å². The highest BCUT2D eigenvalue weighted by atomic mass is 16.4. The van der Waals surface area contributed by atoms with Crippen molar-refractivity contribution in [3.8, 4) is 0 Å². The summed E-state index contributed by atoms with van der Waals surface area (Å²) in [6.45, 7) is 3.29. The van der Waals surface area contributed by atoms with E-state index in [1.807, 2.05) is 0 Å². The number of piperidine rings is 1. The second-order valence-corrected chi connectivity index (χ2v) is 3.50. The Balaban J connectivity index is 2.16. The predicted molar refractivity (Wildman–Crippen MR) is 43.0 cm³/mol. The van der Waals surface area contributed by atoms with Crippen molar-refractivity contribution in [1.82, 2.24) is 4.90 Å². The summed E-state index contributed by atoms with van der Waals surface area (Å²) in [5.41, 5.74) is 1.01. The van der Waals surface area contributed by atoms with Gasteiger partial charge in [0, 0.05) is 12.5 Å². The van der Waals surface area contributed by atoms with Crippen molar-refractivity contribution in [2.45, 2.75) is 19.3 Å². The molecule has 0 radical (unpaired) electrons. The molecule has 0 aromatic carbocycles. The van der Waals surface area contributed by atoms with E-state index in [1.54, 1.807) is 0 Å². The van der Waals surface area contributed by atoms with E-state index >= 15 is 0 Å². The molecule has 11 heavy (non-hydrogen) atoms. The second kappa shape index (κ2) is 2.81. The molecule has 3 aliphatic rings. The highest BCUT2D eigenvalue weighted by Crippen LogP contribution is 2.24. The molecule has 62 valence electrons. The maximum Gasteiger partial charge on any atom is 0.0741 e. The van der Waals surface area contributed by atoms with Crippen LogP contribution in [0.2, 0.25) is 0 Å². The van der Waals surface area contributed by atoms with Crippen molar-refractivity contribution < 1.29 is 5.21 Å². The van der Waals surface area contributed by atoms with E-state index in [0.717, 1.165) is 12.3 Å². The predicted octanol–water partition coefficient (Wildman–Crippen LogP) is 0.932. The molecule has 0 amide bonds. The first-order chi connectivity index (χ1) is 5.40. The lowest BCUT2D eigenvalue weighted by atomic mass is 9.93. The van der Waals surface area contributed by atoms with Gasteiger partial charge in [-0.2, -0.15) is 0 Å². The molecule has 0 spiro atoms. The number of nitrogens with zero attached hydrogens (tertiary/aromatic N) is 2. The van der Waals surface area contributed by atoms with Gasteiger partial charge in [-0.3, -0.25) is 4.90 Å². The van der Waals surface area contributed by atoms with Gasteiger partial charge in [-0.25, -0.2) is 0 Å². The molecule has 3 rings (SSSR count). The monoisotopic (exact) mass is 154 g/mol. The van der Waals surface area contributed by atoms with Crippen LogP contribution in [0.1, 0.15) is 19.3 Å². The minimum atomic E-state index is 0.582. The smallest absolute Gasteiger partial charge is 0.0741 e. The third kappa shape index (κ3) is 1.25. The van der Waals surface area contributed by atoms with Crippen LogP contribution in [-0.4, -0.2) is 35.5 Å². The standard InChI is InChI=1S/C8H14N2O/c11-9-8-6-10-4-1-2-7(8)3-5-10/h7,11H,1-6H2/b9-8+. The molecule has 3 fully saturated rings. The summed E-state index contributed by atoms with van der Waals surface area (Å²) in [6, 6.07) is 0. The van der Waals surface area contributed by atoms with Gasteiger partial charge >= 0.3 is 0 Å². The van der Waals surface area contributed by atoms with E-state index in [-0.39, 0.29) is 0 Å². The van der Waals surface area contributed by atoms with E-state index in [9.17, 15) is 0 Å². The maximum absolute atomic E-state index is 8.70. The van der Waals surface area contributed by atoms with Crippen molar-refractivity contribution in [1.29, 1.82) is 0 Å². The molecule has 0 aromatic heterocycles. The quantitative estimate of drug-likeness (QED) is 0.416. The summed E-state index contributed by atoms with van der Waals surface area (Å²) in [7, 11) is 0. The summed E-state index contributed by atoms with van der Waals surface area (Å²) in [5, 5.41) is 12.1. The maximum atomic E-state index is 8.70. The minimum absolute atomic E-state index is 0.582. The number of hydrogen-bond donors (Lipinski definition) is 1. The number of rotatable bonds is 0. The van der Waals surface area contributed by atoms with E-state index in [1.165, 1.54) is 32.4 Å². The summed E-state index contributed by atoms with van der Waals surface area (Å²) >= 11 is 0. The second-order valence-electron chi connectivity index (χ2n) is 3.50. The molecule has 3 aliphatic heterocycles. The Labute approximate surface area is 66.7 Å². The molecule has 3 heteroatoms. The van der Waals surface area contributed by atoms with Gasteiger partial charge in [0.2, 0.25) is 0 Å². The van der Waals surface area contributed by atoms with Gasteiger partial charge in [-0.15, -0.1) is 0 Å². The van der Waals surface area contributed by atoms with Gasteiger partial charge < -0.3 is 5.21 Å². The van der Waals surface area contributed by atoms with E-state index in [4.69, 9.17) is 5.21 Å². The van der Waals surface area contributed by atoms with Crippen LogP contribution in [0.3, 0.4) is 0 Å². The molecule has 2 unspecified atom stereocenters. The average Bonchev–Trinajstić information content (AvgIpc) is 2.37. The molecule has 3 heterocycles. The SMILES string of the molecule is O/N=C1\CN2CCCC1CC2. The normalized spacial score (nSPS) is 40.9. The molecule has 1 N–H and O–H groups in total. The molecule has 2 atom stereocenters. The summed E-state index contributed by atoms with van der Waals surface area (Å²) in [5.74, 6) is 0.582. The Morgan fingerprint density at radius 2 is 2.27 bits per heavy atom. The fourth-order valence-electron chi connectivity index (χ4n) is 2.12. The molecular weight excluding hydrogens is 140 g/mol. The van der Waals surface area contributed by atoms with E-state index in [0.29, 0.717) is 5.92 Å². The van der Waals surface area contributed by atoms with Crippen LogP contribution in [0, 0.1) is 5.92 Å². The topological polar surface area (TPSA) is 35.8 Å². The number of fused-ring (bicyclic) bond motifs is 4. The minimum Gasteiger partial charge on any atom is -0.411 e. The molecule has 2 bridgehead atoms. The van der Waals surface area contributed by atoms with Gasteiger partial charge in [0.05, 0.1) is 5.71 Å². The van der Waals surface area contributed by atoms with Gasteiger partial charge in [0.25, 0.3) is 0 Å². The van der Waals surface area contributed by atoms with Crippen LogP contribution in [0.5, 0.6) is 0 Å². The van der Waals surface area contributed by atoms with Gasteiger partial charge in [0.1, 0.15) is 0 Å². The Hall–Kier alpha value is -0.570. The van der Waals surface area contributed by atoms with E-state index < -0.39 is 0 Å². The van der Waals surface area contributed by atoms with Crippen LogP contribution in [0.25, 0.3) is 0 Å². The number of oxime groups is 1. The van der Waals surface area contributed by atoms with Crippen molar-refractivity contribution in [2.24, 2.45) is 11.1 Å². The first kappa shape index (κ1) is 7.10. The fourth-order valence-corrected chi connectivity index (χ4v) is 2.12. The molecule has 3 nitrogen and oxygen atoms in total. The first-order valence-electron chi connectivity index (χ1n) is 4.33. The van der Waals surface area contributed by atoms with Crippen LogP contribution in [0.4, 0.5) is 0 Å². The lowest BCUT2D eigenvalue weighted by Crippen LogP contribution is -2.37. The molecular formula is C8H14N2O. The van der Waals surface area contributed by atoms with Crippen LogP contribution < -0.4 is 0 Å². The molecule has 0 saturated carbocycles. The van der Waals surface area contributed by atoms with Crippen LogP contribution >= 0.6 is 0 Å². The van der Waals surface area contributed by atoms with Gasteiger partial charge in [-0.05, 0) is 32.4 Å². The summed E-state index contributed by atoms with van der Waals surface area (Å²) in [6.07, 6.45) is 3.68. The van der Waals surface area contributed by atoms with Gasteiger partial charge in [0.15, 0.2) is 0 Å². The zero-order valence-corrected chi connectivity index (χ0v) is 6.66.